The Morgan fingerprint density at radius 1 is 1.11 bits per heavy atom. The minimum atomic E-state index is -0.152. The molecule has 0 spiro atoms. The van der Waals surface area contributed by atoms with E-state index in [2.05, 4.69) is 12.2 Å². The molecule has 2 aliphatic carbocycles. The first kappa shape index (κ1) is 13.5. The van der Waals surface area contributed by atoms with Gasteiger partial charge in [0.15, 0.2) is 0 Å². The Hall–Kier alpha value is -0.960. The number of allylic oxidation sites excluding steroid dienone is 4. The molecule has 0 aromatic rings. The Morgan fingerprint density at radius 3 is 2.44 bits per heavy atom. The molecule has 0 bridgehead atoms. The van der Waals surface area contributed by atoms with Crippen molar-refractivity contribution in [2.75, 3.05) is 13.2 Å². The first-order chi connectivity index (χ1) is 8.88. The van der Waals surface area contributed by atoms with Gasteiger partial charge in [-0.15, -0.1) is 0 Å². The zero-order valence-electron chi connectivity index (χ0n) is 11.3. The molecule has 0 radical (unpaired) electrons. The third-order valence-corrected chi connectivity index (χ3v) is 3.28. The molecule has 18 heavy (non-hydrogen) atoms. The van der Waals surface area contributed by atoms with E-state index < -0.39 is 0 Å². The maximum Gasteiger partial charge on any atom is 0.202 e. The fourth-order valence-electron chi connectivity index (χ4n) is 2.34. The molecule has 0 fully saturated rings. The molecular formula is C15H24O3. The highest BCUT2D eigenvalue weighted by Gasteiger charge is 2.15. The van der Waals surface area contributed by atoms with Crippen LogP contribution in [0.2, 0.25) is 0 Å². The van der Waals surface area contributed by atoms with Gasteiger partial charge in [-0.3, -0.25) is 0 Å². The number of ether oxygens (including phenoxy) is 3. The second-order valence-corrected chi connectivity index (χ2v) is 4.77. The number of hydrogen-bond acceptors (Lipinski definition) is 3. The van der Waals surface area contributed by atoms with Crippen molar-refractivity contribution in [2.45, 2.75) is 58.2 Å². The molecule has 0 amide bonds. The summed E-state index contributed by atoms with van der Waals surface area (Å²) in [5.74, 6) is 2.24. The van der Waals surface area contributed by atoms with Crippen LogP contribution in [0.15, 0.2) is 23.7 Å². The molecule has 0 heterocycles. The summed E-state index contributed by atoms with van der Waals surface area (Å²) in [6.07, 6.45) is 11.9. The molecule has 0 aromatic heterocycles. The second-order valence-electron chi connectivity index (χ2n) is 4.77. The van der Waals surface area contributed by atoms with Gasteiger partial charge in [-0.05, 0) is 44.8 Å². The van der Waals surface area contributed by atoms with Crippen molar-refractivity contribution in [2.24, 2.45) is 0 Å². The quantitative estimate of drug-likeness (QED) is 0.613. The van der Waals surface area contributed by atoms with Crippen molar-refractivity contribution < 1.29 is 14.2 Å². The third-order valence-electron chi connectivity index (χ3n) is 3.28. The van der Waals surface area contributed by atoms with Crippen LogP contribution in [0.3, 0.4) is 0 Å². The van der Waals surface area contributed by atoms with E-state index in [4.69, 9.17) is 14.2 Å². The Morgan fingerprint density at radius 2 is 1.83 bits per heavy atom. The van der Waals surface area contributed by atoms with E-state index in [-0.39, 0.29) is 6.29 Å². The molecular weight excluding hydrogens is 228 g/mol. The van der Waals surface area contributed by atoms with Crippen molar-refractivity contribution in [1.82, 2.24) is 0 Å². The molecule has 0 saturated heterocycles. The lowest BCUT2D eigenvalue weighted by Gasteiger charge is -2.20. The molecule has 2 aliphatic rings. The summed E-state index contributed by atoms with van der Waals surface area (Å²) in [5, 5.41) is 0. The summed E-state index contributed by atoms with van der Waals surface area (Å²) in [6.45, 7) is 3.37. The van der Waals surface area contributed by atoms with Gasteiger partial charge in [0.25, 0.3) is 0 Å². The zero-order chi connectivity index (χ0) is 12.6. The molecule has 0 aromatic carbocycles. The molecule has 3 heteroatoms. The molecule has 1 unspecified atom stereocenters. The highest BCUT2D eigenvalue weighted by atomic mass is 16.7. The fourth-order valence-corrected chi connectivity index (χ4v) is 2.34. The van der Waals surface area contributed by atoms with E-state index in [0.29, 0.717) is 13.2 Å². The molecule has 0 N–H and O–H groups in total. The standard InChI is InChI=1S/C15H24O3/c1-2-16-15(18-14-9-5-6-10-14)11-12-17-13-7-3-4-8-13/h7,9,15H,2-6,8,10-12H2,1H3. The van der Waals surface area contributed by atoms with Crippen LogP contribution in [0.1, 0.15) is 51.9 Å². The summed E-state index contributed by atoms with van der Waals surface area (Å²) in [6, 6.07) is 0. The Labute approximate surface area is 110 Å². The van der Waals surface area contributed by atoms with Crippen LogP contribution in [-0.4, -0.2) is 19.5 Å². The van der Waals surface area contributed by atoms with E-state index in [1.54, 1.807) is 0 Å². The fraction of sp³-hybridized carbons (Fsp3) is 0.733. The van der Waals surface area contributed by atoms with Crippen molar-refractivity contribution in [1.29, 1.82) is 0 Å². The lowest BCUT2D eigenvalue weighted by atomic mass is 10.3. The van der Waals surface area contributed by atoms with Crippen LogP contribution >= 0.6 is 0 Å². The highest BCUT2D eigenvalue weighted by molar-refractivity contribution is 5.00. The summed E-state index contributed by atoms with van der Waals surface area (Å²) in [4.78, 5) is 0. The predicted octanol–water partition coefficient (Wildman–Crippen LogP) is 3.91. The van der Waals surface area contributed by atoms with Crippen molar-refractivity contribution in [3.8, 4) is 0 Å². The van der Waals surface area contributed by atoms with Crippen molar-refractivity contribution in [3.63, 3.8) is 0 Å². The number of rotatable bonds is 8. The average Bonchev–Trinajstić information content (AvgIpc) is 3.02. The molecule has 1 atom stereocenters. The van der Waals surface area contributed by atoms with Crippen LogP contribution in [0.5, 0.6) is 0 Å². The summed E-state index contributed by atoms with van der Waals surface area (Å²) in [7, 11) is 0. The molecule has 3 nitrogen and oxygen atoms in total. The minimum absolute atomic E-state index is 0.152. The third kappa shape index (κ3) is 4.37. The van der Waals surface area contributed by atoms with Gasteiger partial charge in [-0.25, -0.2) is 0 Å². The number of hydrogen-bond donors (Lipinski definition) is 0. The van der Waals surface area contributed by atoms with Crippen molar-refractivity contribution in [3.05, 3.63) is 23.7 Å². The van der Waals surface area contributed by atoms with Crippen molar-refractivity contribution >= 4 is 0 Å². The van der Waals surface area contributed by atoms with E-state index in [0.717, 1.165) is 43.6 Å². The second kappa shape index (κ2) is 7.47. The van der Waals surface area contributed by atoms with Gasteiger partial charge < -0.3 is 14.2 Å². The normalized spacial score (nSPS) is 20.5. The Balaban J connectivity index is 1.67. The van der Waals surface area contributed by atoms with Gasteiger partial charge in [0, 0.05) is 25.9 Å². The minimum Gasteiger partial charge on any atom is -0.498 e. The van der Waals surface area contributed by atoms with E-state index in [1.165, 1.54) is 12.8 Å². The van der Waals surface area contributed by atoms with Crippen LogP contribution in [0, 0.1) is 0 Å². The predicted molar refractivity (Wildman–Crippen MR) is 70.9 cm³/mol. The molecule has 0 aliphatic heterocycles. The highest BCUT2D eigenvalue weighted by Crippen LogP contribution is 2.22. The topological polar surface area (TPSA) is 27.7 Å². The maximum absolute atomic E-state index is 5.86. The maximum atomic E-state index is 5.86. The molecule has 2 rings (SSSR count). The molecule has 102 valence electrons. The lowest BCUT2D eigenvalue weighted by Crippen LogP contribution is -2.19. The van der Waals surface area contributed by atoms with Gasteiger partial charge in [-0.2, -0.15) is 0 Å². The Bertz CT molecular complexity index is 307. The van der Waals surface area contributed by atoms with Gasteiger partial charge in [-0.1, -0.05) is 0 Å². The SMILES string of the molecule is CCOC(CCOC1=CCCC1)OC1=CCCC1. The summed E-state index contributed by atoms with van der Waals surface area (Å²) >= 11 is 0. The summed E-state index contributed by atoms with van der Waals surface area (Å²) in [5.41, 5.74) is 0. The van der Waals surface area contributed by atoms with Gasteiger partial charge in [0.05, 0.1) is 18.1 Å². The van der Waals surface area contributed by atoms with Gasteiger partial charge >= 0.3 is 0 Å². The van der Waals surface area contributed by atoms with Crippen LogP contribution in [0.4, 0.5) is 0 Å². The average molecular weight is 252 g/mol. The van der Waals surface area contributed by atoms with E-state index >= 15 is 0 Å². The lowest BCUT2D eigenvalue weighted by molar-refractivity contribution is -0.123. The van der Waals surface area contributed by atoms with Crippen LogP contribution < -0.4 is 0 Å². The summed E-state index contributed by atoms with van der Waals surface area (Å²) < 4.78 is 17.2. The van der Waals surface area contributed by atoms with Gasteiger partial charge in [0.2, 0.25) is 6.29 Å². The van der Waals surface area contributed by atoms with E-state index in [1.807, 2.05) is 6.92 Å². The van der Waals surface area contributed by atoms with Gasteiger partial charge in [0.1, 0.15) is 0 Å². The first-order valence-electron chi connectivity index (χ1n) is 7.17. The zero-order valence-corrected chi connectivity index (χ0v) is 11.3. The van der Waals surface area contributed by atoms with Crippen LogP contribution in [-0.2, 0) is 14.2 Å². The Kier molecular flexibility index (Phi) is 5.59. The molecule has 0 saturated carbocycles. The smallest absolute Gasteiger partial charge is 0.202 e. The monoisotopic (exact) mass is 252 g/mol. The van der Waals surface area contributed by atoms with E-state index in [9.17, 15) is 0 Å². The van der Waals surface area contributed by atoms with Crippen LogP contribution in [0.25, 0.3) is 0 Å². The first-order valence-corrected chi connectivity index (χ1v) is 7.17. The largest absolute Gasteiger partial charge is 0.498 e.